The van der Waals surface area contributed by atoms with Crippen LogP contribution in [0.3, 0.4) is 0 Å². The summed E-state index contributed by atoms with van der Waals surface area (Å²) >= 11 is 1.95. The van der Waals surface area contributed by atoms with Gasteiger partial charge in [-0.3, -0.25) is 0 Å². The maximum absolute atomic E-state index is 13.6. The minimum Gasteiger partial charge on any atom is -0.206 e. The van der Waals surface area contributed by atoms with Crippen molar-refractivity contribution in [1.82, 2.24) is 0 Å². The Labute approximate surface area is 127 Å². The number of alkyl halides is 3. The van der Waals surface area contributed by atoms with Crippen LogP contribution in [0.5, 0.6) is 0 Å². The summed E-state index contributed by atoms with van der Waals surface area (Å²) < 4.78 is 53.1. The van der Waals surface area contributed by atoms with Crippen LogP contribution in [0.15, 0.2) is 36.4 Å². The second-order valence-electron chi connectivity index (χ2n) is 4.43. The molecule has 108 valence electrons. The van der Waals surface area contributed by atoms with Gasteiger partial charge >= 0.3 is 4.83 Å². The summed E-state index contributed by atoms with van der Waals surface area (Å²) in [6.07, 6.45) is 0. The first-order valence-electron chi connectivity index (χ1n) is 5.92. The lowest BCUT2D eigenvalue weighted by molar-refractivity contribution is 0.105. The molecule has 0 fully saturated rings. The highest BCUT2D eigenvalue weighted by atomic mass is 79.9. The normalized spacial score (nSPS) is 11.0. The van der Waals surface area contributed by atoms with Crippen molar-refractivity contribution >= 4 is 15.9 Å². The second kappa shape index (κ2) is 5.90. The van der Waals surface area contributed by atoms with Gasteiger partial charge in [-0.15, -0.1) is 0 Å². The fraction of sp³-hybridized carbons (Fsp3) is 0.125. The van der Waals surface area contributed by atoms with Crippen LogP contribution in [0.1, 0.15) is 22.3 Å². The van der Waals surface area contributed by atoms with E-state index in [0.29, 0.717) is 5.56 Å². The average Bonchev–Trinajstić information content (AvgIpc) is 2.35. The van der Waals surface area contributed by atoms with Crippen molar-refractivity contribution in [2.45, 2.75) is 11.8 Å². The van der Waals surface area contributed by atoms with Crippen molar-refractivity contribution in [3.8, 4) is 11.8 Å². The molecule has 0 saturated carbocycles. The molecule has 0 aliphatic heterocycles. The molecular weight excluding hydrogens is 348 g/mol. The van der Waals surface area contributed by atoms with E-state index in [0.717, 1.165) is 17.7 Å². The lowest BCUT2D eigenvalue weighted by atomic mass is 10.1. The molecule has 0 N–H and O–H groups in total. The van der Waals surface area contributed by atoms with Crippen LogP contribution in [0.2, 0.25) is 0 Å². The molecule has 21 heavy (non-hydrogen) atoms. The Bertz CT molecular complexity index is 696. The highest BCUT2D eigenvalue weighted by Gasteiger charge is 2.34. The van der Waals surface area contributed by atoms with Gasteiger partial charge in [-0.1, -0.05) is 29.5 Å². The summed E-state index contributed by atoms with van der Waals surface area (Å²) in [7, 11) is 0. The van der Waals surface area contributed by atoms with Crippen molar-refractivity contribution in [1.29, 1.82) is 0 Å². The van der Waals surface area contributed by atoms with Crippen LogP contribution in [0.4, 0.5) is 17.6 Å². The van der Waals surface area contributed by atoms with E-state index in [1.807, 2.05) is 35.0 Å². The van der Waals surface area contributed by atoms with Gasteiger partial charge in [-0.25, -0.2) is 8.78 Å². The van der Waals surface area contributed by atoms with Gasteiger partial charge in [0.25, 0.3) is 0 Å². The van der Waals surface area contributed by atoms with Crippen LogP contribution in [-0.4, -0.2) is 0 Å². The Balaban J connectivity index is 2.38. The van der Waals surface area contributed by atoms with E-state index in [4.69, 9.17) is 0 Å². The molecule has 0 bridgehead atoms. The summed E-state index contributed by atoms with van der Waals surface area (Å²) in [6, 6.07) is 8.79. The second-order valence-corrected chi connectivity index (χ2v) is 5.42. The number of benzene rings is 2. The smallest absolute Gasteiger partial charge is 0.206 e. The van der Waals surface area contributed by atoms with Gasteiger partial charge in [-0.05, 0) is 47.1 Å². The zero-order valence-corrected chi connectivity index (χ0v) is 12.4. The minimum atomic E-state index is -3.76. The summed E-state index contributed by atoms with van der Waals surface area (Å²) in [5, 5.41) is 0. The van der Waals surface area contributed by atoms with Crippen molar-refractivity contribution in [2.24, 2.45) is 0 Å². The fourth-order valence-electron chi connectivity index (χ4n) is 1.70. The quantitative estimate of drug-likeness (QED) is 0.378. The van der Waals surface area contributed by atoms with Crippen LogP contribution in [0.25, 0.3) is 0 Å². The zero-order chi connectivity index (χ0) is 15.6. The molecule has 0 unspecified atom stereocenters. The van der Waals surface area contributed by atoms with E-state index in [1.165, 1.54) is 0 Å². The summed E-state index contributed by atoms with van der Waals surface area (Å²) in [5.74, 6) is 2.58. The minimum absolute atomic E-state index is 0.00826. The van der Waals surface area contributed by atoms with Gasteiger partial charge in [0.2, 0.25) is 0 Å². The van der Waals surface area contributed by atoms with Gasteiger partial charge < -0.3 is 0 Å². The molecule has 2 aromatic rings. The molecule has 0 nitrogen and oxygen atoms in total. The predicted molar refractivity (Wildman–Crippen MR) is 76.3 cm³/mol. The molecule has 2 aromatic carbocycles. The Morgan fingerprint density at radius 1 is 0.905 bits per heavy atom. The van der Waals surface area contributed by atoms with E-state index in [9.17, 15) is 17.6 Å². The van der Waals surface area contributed by atoms with E-state index in [1.54, 1.807) is 12.1 Å². The Hall–Kier alpha value is -1.80. The molecule has 0 aliphatic rings. The maximum Gasteiger partial charge on any atom is 0.332 e. The number of halogens is 5. The first-order chi connectivity index (χ1) is 9.77. The van der Waals surface area contributed by atoms with Crippen LogP contribution in [0, 0.1) is 30.4 Å². The molecule has 5 heteroatoms. The van der Waals surface area contributed by atoms with E-state index >= 15 is 0 Å². The number of hydrogen-bond acceptors (Lipinski definition) is 0. The van der Waals surface area contributed by atoms with Crippen molar-refractivity contribution in [2.75, 3.05) is 0 Å². The lowest BCUT2D eigenvalue weighted by Crippen LogP contribution is -2.09. The third-order valence-electron chi connectivity index (χ3n) is 2.73. The lowest BCUT2D eigenvalue weighted by Gasteiger charge is -2.11. The van der Waals surface area contributed by atoms with E-state index < -0.39 is 22.0 Å². The molecule has 0 saturated heterocycles. The number of hydrogen-bond donors (Lipinski definition) is 0. The standard InChI is InChI=1S/C16H9BrF4/c1-10-2-4-11(5-3-10)6-7-12-8-13(18)15(14(19)9-12)16(17,20)21/h2-5,8-9H,1H3. The van der Waals surface area contributed by atoms with Crippen molar-refractivity contribution in [3.05, 3.63) is 70.3 Å². The highest BCUT2D eigenvalue weighted by Crippen LogP contribution is 2.38. The molecule has 0 aromatic heterocycles. The molecule has 0 heterocycles. The average molecular weight is 357 g/mol. The topological polar surface area (TPSA) is 0 Å². The van der Waals surface area contributed by atoms with Crippen LogP contribution < -0.4 is 0 Å². The van der Waals surface area contributed by atoms with Crippen LogP contribution >= 0.6 is 15.9 Å². The molecule has 0 amide bonds. The van der Waals surface area contributed by atoms with Gasteiger partial charge in [0.05, 0.1) is 0 Å². The zero-order valence-electron chi connectivity index (χ0n) is 10.9. The number of aryl methyl sites for hydroxylation is 1. The maximum atomic E-state index is 13.6. The largest absolute Gasteiger partial charge is 0.332 e. The van der Waals surface area contributed by atoms with Gasteiger partial charge in [-0.2, -0.15) is 8.78 Å². The Morgan fingerprint density at radius 2 is 1.38 bits per heavy atom. The highest BCUT2D eigenvalue weighted by molar-refractivity contribution is 9.09. The summed E-state index contributed by atoms with van der Waals surface area (Å²) in [6.45, 7) is 1.92. The third kappa shape index (κ3) is 3.85. The Kier molecular flexibility index (Phi) is 4.38. The number of rotatable bonds is 1. The van der Waals surface area contributed by atoms with E-state index in [-0.39, 0.29) is 5.56 Å². The molecule has 0 spiro atoms. The first kappa shape index (κ1) is 15.6. The van der Waals surface area contributed by atoms with Gasteiger partial charge in [0.1, 0.15) is 17.2 Å². The summed E-state index contributed by atoms with van der Waals surface area (Å²) in [5.41, 5.74) is 0.396. The molecule has 0 aliphatic carbocycles. The predicted octanol–water partition coefficient (Wildman–Crippen LogP) is 5.12. The summed E-state index contributed by atoms with van der Waals surface area (Å²) in [4.78, 5) is -3.76. The molecular formula is C16H9BrF4. The molecule has 0 radical (unpaired) electrons. The molecule has 0 atom stereocenters. The van der Waals surface area contributed by atoms with E-state index in [2.05, 4.69) is 11.8 Å². The van der Waals surface area contributed by atoms with Gasteiger partial charge in [0.15, 0.2) is 0 Å². The monoisotopic (exact) mass is 356 g/mol. The first-order valence-corrected chi connectivity index (χ1v) is 6.71. The van der Waals surface area contributed by atoms with Crippen molar-refractivity contribution in [3.63, 3.8) is 0 Å². The van der Waals surface area contributed by atoms with Crippen LogP contribution in [-0.2, 0) is 4.83 Å². The fourth-order valence-corrected chi connectivity index (χ4v) is 2.08. The SMILES string of the molecule is Cc1ccc(C#Cc2cc(F)c(C(F)(F)Br)c(F)c2)cc1. The van der Waals surface area contributed by atoms with Gasteiger partial charge in [0, 0.05) is 11.1 Å². The molecule has 2 rings (SSSR count). The van der Waals surface area contributed by atoms with Crippen molar-refractivity contribution < 1.29 is 17.6 Å². The Morgan fingerprint density at radius 3 is 1.86 bits per heavy atom. The third-order valence-corrected chi connectivity index (χ3v) is 3.12.